The molecule has 2 N–H and O–H groups in total. The first-order valence-electron chi connectivity index (χ1n) is 5.15. The summed E-state index contributed by atoms with van der Waals surface area (Å²) < 4.78 is 2.13. The summed E-state index contributed by atoms with van der Waals surface area (Å²) in [6.45, 7) is 2.81. The first kappa shape index (κ1) is 10.5. The molecule has 0 saturated heterocycles. The van der Waals surface area contributed by atoms with Crippen LogP contribution in [0.15, 0.2) is 29.4 Å². The van der Waals surface area contributed by atoms with Crippen LogP contribution in [0, 0.1) is 0 Å². The maximum Gasteiger partial charge on any atom is 0.138 e. The molecule has 0 aliphatic carbocycles. The number of thioether (sulfide) groups is 1. The van der Waals surface area contributed by atoms with Gasteiger partial charge in [-0.3, -0.25) is 0 Å². The molecule has 2 rings (SSSR count). The molecule has 80 valence electrons. The molecule has 0 aliphatic rings. The fraction of sp³-hybridized carbons (Fsp3) is 0.364. The van der Waals surface area contributed by atoms with Gasteiger partial charge in [-0.2, -0.15) is 0 Å². The number of rotatable bonds is 4. The van der Waals surface area contributed by atoms with E-state index in [-0.39, 0.29) is 0 Å². The summed E-state index contributed by atoms with van der Waals surface area (Å²) in [5.41, 5.74) is 7.87. The van der Waals surface area contributed by atoms with Crippen LogP contribution in [0.2, 0.25) is 0 Å². The van der Waals surface area contributed by atoms with Gasteiger partial charge in [0.15, 0.2) is 0 Å². The van der Waals surface area contributed by atoms with E-state index in [4.69, 9.17) is 5.73 Å². The highest BCUT2D eigenvalue weighted by Crippen LogP contribution is 2.23. The van der Waals surface area contributed by atoms with E-state index in [0.29, 0.717) is 6.54 Å². The number of nitrogens with zero attached hydrogens (tertiary/aromatic N) is 2. The summed E-state index contributed by atoms with van der Waals surface area (Å²) in [7, 11) is 0. The van der Waals surface area contributed by atoms with E-state index in [9.17, 15) is 0 Å². The molecule has 0 spiro atoms. The van der Waals surface area contributed by atoms with Crippen LogP contribution in [0.4, 0.5) is 0 Å². The SMILES string of the molecule is CCSc1nc2ccccn2c1CCN. The van der Waals surface area contributed by atoms with Crippen molar-refractivity contribution in [2.45, 2.75) is 18.4 Å². The van der Waals surface area contributed by atoms with E-state index in [1.165, 1.54) is 5.69 Å². The molecule has 0 amide bonds. The van der Waals surface area contributed by atoms with E-state index >= 15 is 0 Å². The largest absolute Gasteiger partial charge is 0.330 e. The van der Waals surface area contributed by atoms with Crippen LogP contribution in [-0.2, 0) is 6.42 Å². The summed E-state index contributed by atoms with van der Waals surface area (Å²) in [4.78, 5) is 4.59. The molecule has 0 bridgehead atoms. The highest BCUT2D eigenvalue weighted by Gasteiger charge is 2.10. The quantitative estimate of drug-likeness (QED) is 0.802. The van der Waals surface area contributed by atoms with Gasteiger partial charge in [0, 0.05) is 12.6 Å². The van der Waals surface area contributed by atoms with Gasteiger partial charge in [0.2, 0.25) is 0 Å². The standard InChI is InChI=1S/C11H15N3S/c1-2-15-11-9(6-7-12)14-8-4-3-5-10(14)13-11/h3-5,8H,2,6-7,12H2,1H3. The van der Waals surface area contributed by atoms with Crippen LogP contribution in [0.5, 0.6) is 0 Å². The average Bonchev–Trinajstić information content (AvgIpc) is 2.59. The van der Waals surface area contributed by atoms with Gasteiger partial charge in [0.05, 0.1) is 5.69 Å². The second-order valence-electron chi connectivity index (χ2n) is 3.26. The van der Waals surface area contributed by atoms with Crippen LogP contribution in [-0.4, -0.2) is 21.7 Å². The molecule has 0 saturated carbocycles. The lowest BCUT2D eigenvalue weighted by Gasteiger charge is -2.01. The van der Waals surface area contributed by atoms with Crippen molar-refractivity contribution in [2.75, 3.05) is 12.3 Å². The fourth-order valence-electron chi connectivity index (χ4n) is 1.64. The molecule has 0 unspecified atom stereocenters. The van der Waals surface area contributed by atoms with E-state index in [2.05, 4.69) is 16.3 Å². The van der Waals surface area contributed by atoms with Crippen molar-refractivity contribution in [3.05, 3.63) is 30.1 Å². The molecule has 15 heavy (non-hydrogen) atoms. The third-order valence-corrected chi connectivity index (χ3v) is 3.14. The number of nitrogens with two attached hydrogens (primary N) is 1. The lowest BCUT2D eigenvalue weighted by Crippen LogP contribution is -2.05. The predicted octanol–water partition coefficient (Wildman–Crippen LogP) is 1.95. The van der Waals surface area contributed by atoms with Gasteiger partial charge >= 0.3 is 0 Å². The molecular formula is C11H15N3S. The molecule has 0 aromatic carbocycles. The smallest absolute Gasteiger partial charge is 0.138 e. The molecule has 0 aliphatic heterocycles. The maximum atomic E-state index is 5.63. The number of fused-ring (bicyclic) bond motifs is 1. The zero-order valence-electron chi connectivity index (χ0n) is 8.81. The Hall–Kier alpha value is -1.00. The fourth-order valence-corrected chi connectivity index (χ4v) is 2.44. The molecule has 0 fully saturated rings. The van der Waals surface area contributed by atoms with Crippen molar-refractivity contribution >= 4 is 17.4 Å². The minimum Gasteiger partial charge on any atom is -0.330 e. The van der Waals surface area contributed by atoms with E-state index in [1.807, 2.05) is 24.4 Å². The molecule has 2 aromatic heterocycles. The molecule has 2 aromatic rings. The Morgan fingerprint density at radius 3 is 3.07 bits per heavy atom. The van der Waals surface area contributed by atoms with Gasteiger partial charge in [-0.1, -0.05) is 13.0 Å². The molecule has 3 nitrogen and oxygen atoms in total. The second kappa shape index (κ2) is 4.68. The van der Waals surface area contributed by atoms with E-state index in [1.54, 1.807) is 11.8 Å². The van der Waals surface area contributed by atoms with Crippen molar-refractivity contribution < 1.29 is 0 Å². The third kappa shape index (κ3) is 2.01. The van der Waals surface area contributed by atoms with E-state index < -0.39 is 0 Å². The van der Waals surface area contributed by atoms with Crippen molar-refractivity contribution in [1.29, 1.82) is 0 Å². The molecule has 0 radical (unpaired) electrons. The summed E-state index contributed by atoms with van der Waals surface area (Å²) in [6.07, 6.45) is 2.93. The lowest BCUT2D eigenvalue weighted by atomic mass is 10.3. The van der Waals surface area contributed by atoms with Crippen molar-refractivity contribution in [3.63, 3.8) is 0 Å². The normalized spacial score (nSPS) is 11.1. The van der Waals surface area contributed by atoms with Crippen molar-refractivity contribution in [3.8, 4) is 0 Å². The van der Waals surface area contributed by atoms with Gasteiger partial charge in [-0.15, -0.1) is 11.8 Å². The first-order valence-corrected chi connectivity index (χ1v) is 6.14. The van der Waals surface area contributed by atoms with Crippen molar-refractivity contribution in [2.24, 2.45) is 5.73 Å². The molecular weight excluding hydrogens is 206 g/mol. The Balaban J connectivity index is 2.53. The summed E-state index contributed by atoms with van der Waals surface area (Å²) in [5, 5.41) is 1.12. The average molecular weight is 221 g/mol. The Morgan fingerprint density at radius 1 is 1.47 bits per heavy atom. The van der Waals surface area contributed by atoms with Crippen LogP contribution in [0.3, 0.4) is 0 Å². The minimum absolute atomic E-state index is 0.667. The summed E-state index contributed by atoms with van der Waals surface area (Å²) in [6, 6.07) is 6.06. The zero-order chi connectivity index (χ0) is 10.7. The van der Waals surface area contributed by atoms with Crippen LogP contribution in [0.1, 0.15) is 12.6 Å². The highest BCUT2D eigenvalue weighted by molar-refractivity contribution is 7.99. The first-order chi connectivity index (χ1) is 7.36. The highest BCUT2D eigenvalue weighted by atomic mass is 32.2. The number of imidazole rings is 1. The van der Waals surface area contributed by atoms with Gasteiger partial charge in [-0.05, 0) is 24.4 Å². The van der Waals surface area contributed by atoms with Gasteiger partial charge < -0.3 is 10.1 Å². The molecule has 2 heterocycles. The number of hydrogen-bond acceptors (Lipinski definition) is 3. The van der Waals surface area contributed by atoms with Crippen molar-refractivity contribution in [1.82, 2.24) is 9.38 Å². The van der Waals surface area contributed by atoms with Gasteiger partial charge in [-0.25, -0.2) is 4.98 Å². The Kier molecular flexibility index (Phi) is 3.28. The van der Waals surface area contributed by atoms with Crippen LogP contribution in [0.25, 0.3) is 5.65 Å². The summed E-state index contributed by atoms with van der Waals surface area (Å²) >= 11 is 1.78. The Bertz CT molecular complexity index is 450. The minimum atomic E-state index is 0.667. The van der Waals surface area contributed by atoms with Crippen LogP contribution < -0.4 is 5.73 Å². The maximum absolute atomic E-state index is 5.63. The summed E-state index contributed by atoms with van der Waals surface area (Å²) in [5.74, 6) is 1.04. The van der Waals surface area contributed by atoms with Gasteiger partial charge in [0.25, 0.3) is 0 Å². The molecule has 0 atom stereocenters. The Labute approximate surface area is 93.7 Å². The Morgan fingerprint density at radius 2 is 2.33 bits per heavy atom. The number of aromatic nitrogens is 2. The predicted molar refractivity (Wildman–Crippen MR) is 64.3 cm³/mol. The zero-order valence-corrected chi connectivity index (χ0v) is 9.63. The van der Waals surface area contributed by atoms with Gasteiger partial charge in [0.1, 0.15) is 10.7 Å². The second-order valence-corrected chi connectivity index (χ2v) is 4.52. The lowest BCUT2D eigenvalue weighted by molar-refractivity contribution is 0.876. The number of pyridine rings is 1. The molecule has 4 heteroatoms. The third-order valence-electron chi connectivity index (χ3n) is 2.25. The topological polar surface area (TPSA) is 43.3 Å². The van der Waals surface area contributed by atoms with E-state index in [0.717, 1.165) is 22.8 Å². The van der Waals surface area contributed by atoms with Crippen LogP contribution >= 0.6 is 11.8 Å². The monoisotopic (exact) mass is 221 g/mol. The number of hydrogen-bond donors (Lipinski definition) is 1.